The standard InChI is InChI=1S/C22H26F3N5O3/c1-12(2)11-29-19-14(5-3-13-4-8-16(26-9-13)22(23,24)25)10-27-30(19)21(33)17(20(29)32)18(31)28-15-6-7-15/h3-5,8-9,12,14-15,19,27,32H,6-7,10-11H2,1-2H3,(H,28,31)/b5-3+. The first-order valence-electron chi connectivity index (χ1n) is 10.9. The highest BCUT2D eigenvalue weighted by molar-refractivity contribution is 6.19. The summed E-state index contributed by atoms with van der Waals surface area (Å²) < 4.78 is 38.2. The van der Waals surface area contributed by atoms with Crippen LogP contribution in [0.3, 0.4) is 0 Å². The van der Waals surface area contributed by atoms with Gasteiger partial charge >= 0.3 is 6.18 Å². The predicted octanol–water partition coefficient (Wildman–Crippen LogP) is 2.42. The van der Waals surface area contributed by atoms with Gasteiger partial charge in [-0.25, -0.2) is 10.4 Å². The molecule has 0 spiro atoms. The molecule has 3 N–H and O–H groups in total. The number of nitrogens with one attached hydrogen (secondary N) is 2. The zero-order chi connectivity index (χ0) is 23.9. The van der Waals surface area contributed by atoms with Gasteiger partial charge in [-0.3, -0.25) is 14.6 Å². The molecule has 8 nitrogen and oxygen atoms in total. The summed E-state index contributed by atoms with van der Waals surface area (Å²) >= 11 is 0. The summed E-state index contributed by atoms with van der Waals surface area (Å²) in [5, 5.41) is 15.0. The van der Waals surface area contributed by atoms with Crippen LogP contribution < -0.4 is 10.7 Å². The molecule has 2 aliphatic heterocycles. The first kappa shape index (κ1) is 23.1. The van der Waals surface area contributed by atoms with E-state index in [4.69, 9.17) is 0 Å². The Labute approximate surface area is 189 Å². The topological polar surface area (TPSA) is 97.8 Å². The van der Waals surface area contributed by atoms with Gasteiger partial charge < -0.3 is 15.3 Å². The second kappa shape index (κ2) is 8.69. The number of rotatable bonds is 6. The molecule has 0 aromatic carbocycles. The minimum absolute atomic E-state index is 0.0291. The molecule has 1 aromatic rings. The number of hydrazine groups is 1. The second-order valence-electron chi connectivity index (χ2n) is 8.94. The van der Waals surface area contributed by atoms with Crippen LogP contribution in [0.5, 0.6) is 0 Å². The molecule has 3 heterocycles. The first-order valence-corrected chi connectivity index (χ1v) is 10.9. The van der Waals surface area contributed by atoms with Crippen LogP contribution >= 0.6 is 0 Å². The summed E-state index contributed by atoms with van der Waals surface area (Å²) in [5.74, 6) is -1.72. The molecule has 1 saturated carbocycles. The lowest BCUT2D eigenvalue weighted by Gasteiger charge is -2.42. The number of carbonyl (C=O) groups excluding carboxylic acids is 2. The highest BCUT2D eigenvalue weighted by atomic mass is 19.4. The lowest BCUT2D eigenvalue weighted by atomic mass is 10.00. The Bertz CT molecular complexity index is 986. The third-order valence-corrected chi connectivity index (χ3v) is 5.71. The molecule has 1 saturated heterocycles. The van der Waals surface area contributed by atoms with E-state index in [9.17, 15) is 27.9 Å². The molecule has 2 unspecified atom stereocenters. The van der Waals surface area contributed by atoms with Gasteiger partial charge in [0, 0.05) is 31.2 Å². The van der Waals surface area contributed by atoms with Gasteiger partial charge in [-0.1, -0.05) is 32.1 Å². The number of halogens is 3. The maximum Gasteiger partial charge on any atom is 0.433 e. The average Bonchev–Trinajstić information content (AvgIpc) is 3.44. The van der Waals surface area contributed by atoms with Crippen LogP contribution in [0.2, 0.25) is 0 Å². The zero-order valence-electron chi connectivity index (χ0n) is 18.3. The number of carbonyl (C=O) groups is 2. The van der Waals surface area contributed by atoms with Crippen LogP contribution in [0.4, 0.5) is 13.2 Å². The van der Waals surface area contributed by atoms with Crippen LogP contribution in [0, 0.1) is 11.8 Å². The number of aromatic nitrogens is 1. The van der Waals surface area contributed by atoms with E-state index in [0.717, 1.165) is 25.1 Å². The number of aliphatic hydroxyl groups is 1. The molecule has 178 valence electrons. The molecule has 2 fully saturated rings. The molecule has 33 heavy (non-hydrogen) atoms. The van der Waals surface area contributed by atoms with Crippen LogP contribution in [0.15, 0.2) is 35.9 Å². The molecular weight excluding hydrogens is 439 g/mol. The van der Waals surface area contributed by atoms with Gasteiger partial charge in [-0.15, -0.1) is 0 Å². The lowest BCUT2D eigenvalue weighted by molar-refractivity contribution is -0.142. The third kappa shape index (κ3) is 4.82. The van der Waals surface area contributed by atoms with Crippen molar-refractivity contribution in [1.29, 1.82) is 0 Å². The summed E-state index contributed by atoms with van der Waals surface area (Å²) in [6, 6.07) is 2.26. The van der Waals surface area contributed by atoms with Crippen LogP contribution in [-0.4, -0.2) is 57.1 Å². The van der Waals surface area contributed by atoms with Crippen molar-refractivity contribution in [2.45, 2.75) is 45.1 Å². The summed E-state index contributed by atoms with van der Waals surface area (Å²) in [7, 11) is 0. The fraction of sp³-hybridized carbons (Fsp3) is 0.500. The van der Waals surface area contributed by atoms with Crippen LogP contribution in [-0.2, 0) is 15.8 Å². The Hall–Kier alpha value is -3.08. The molecule has 2 atom stereocenters. The fourth-order valence-electron chi connectivity index (χ4n) is 3.99. The molecule has 0 radical (unpaired) electrons. The molecule has 4 rings (SSSR count). The Morgan fingerprint density at radius 3 is 2.67 bits per heavy atom. The number of alkyl halides is 3. The molecule has 3 aliphatic rings. The molecular formula is C22H26F3N5O3. The number of nitrogens with zero attached hydrogens (tertiary/aromatic N) is 3. The van der Waals surface area contributed by atoms with E-state index in [2.05, 4.69) is 15.7 Å². The van der Waals surface area contributed by atoms with E-state index in [0.29, 0.717) is 18.7 Å². The van der Waals surface area contributed by atoms with E-state index in [-0.39, 0.29) is 29.3 Å². The van der Waals surface area contributed by atoms with Crippen molar-refractivity contribution < 1.29 is 27.9 Å². The number of amides is 2. The number of fused-ring (bicyclic) bond motifs is 1. The minimum atomic E-state index is -4.51. The number of hydrogen-bond acceptors (Lipinski definition) is 6. The Morgan fingerprint density at radius 2 is 2.09 bits per heavy atom. The largest absolute Gasteiger partial charge is 0.494 e. The lowest BCUT2D eigenvalue weighted by Crippen LogP contribution is -2.59. The minimum Gasteiger partial charge on any atom is -0.494 e. The summed E-state index contributed by atoms with van der Waals surface area (Å²) in [5.41, 5.74) is 2.22. The smallest absolute Gasteiger partial charge is 0.433 e. The van der Waals surface area contributed by atoms with Gasteiger partial charge in [-0.05, 0) is 30.4 Å². The van der Waals surface area contributed by atoms with E-state index >= 15 is 0 Å². The van der Waals surface area contributed by atoms with Crippen molar-refractivity contribution in [3.05, 3.63) is 47.1 Å². The highest BCUT2D eigenvalue weighted by Gasteiger charge is 2.49. The average molecular weight is 465 g/mol. The van der Waals surface area contributed by atoms with Gasteiger partial charge in [0.05, 0.1) is 0 Å². The van der Waals surface area contributed by atoms with Gasteiger partial charge in [0.2, 0.25) is 5.88 Å². The van der Waals surface area contributed by atoms with Gasteiger partial charge in [0.1, 0.15) is 11.9 Å². The summed E-state index contributed by atoms with van der Waals surface area (Å²) in [4.78, 5) is 30.8. The van der Waals surface area contributed by atoms with Crippen molar-refractivity contribution in [2.24, 2.45) is 11.8 Å². The van der Waals surface area contributed by atoms with Crippen LogP contribution in [0.1, 0.15) is 37.9 Å². The zero-order valence-corrected chi connectivity index (χ0v) is 18.3. The predicted molar refractivity (Wildman–Crippen MR) is 113 cm³/mol. The van der Waals surface area contributed by atoms with Gasteiger partial charge in [0.25, 0.3) is 11.8 Å². The SMILES string of the molecule is CC(C)CN1C(O)=C(C(=O)NC2CC2)C(=O)N2NCC(/C=C/c3ccc(C(F)(F)F)nc3)C12. The van der Waals surface area contributed by atoms with E-state index in [1.807, 2.05) is 13.8 Å². The van der Waals surface area contributed by atoms with Crippen molar-refractivity contribution >= 4 is 17.9 Å². The molecule has 1 aromatic heterocycles. The maximum absolute atomic E-state index is 13.1. The number of hydrogen-bond donors (Lipinski definition) is 3. The number of aliphatic hydroxyl groups excluding tert-OH is 1. The Balaban J connectivity index is 1.59. The fourth-order valence-corrected chi connectivity index (χ4v) is 3.99. The van der Waals surface area contributed by atoms with Crippen LogP contribution in [0.25, 0.3) is 6.08 Å². The summed E-state index contributed by atoms with van der Waals surface area (Å²) in [6.07, 6.45) is 1.14. The van der Waals surface area contributed by atoms with Crippen molar-refractivity contribution in [3.63, 3.8) is 0 Å². The second-order valence-corrected chi connectivity index (χ2v) is 8.94. The Morgan fingerprint density at radius 1 is 1.36 bits per heavy atom. The van der Waals surface area contributed by atoms with Gasteiger partial charge in [0.15, 0.2) is 5.57 Å². The molecule has 1 aliphatic carbocycles. The van der Waals surface area contributed by atoms with Crippen molar-refractivity contribution in [3.8, 4) is 0 Å². The number of pyridine rings is 1. The molecule has 11 heteroatoms. The highest BCUT2D eigenvalue weighted by Crippen LogP contribution is 2.33. The summed E-state index contributed by atoms with van der Waals surface area (Å²) in [6.45, 7) is 4.66. The van der Waals surface area contributed by atoms with Gasteiger partial charge in [-0.2, -0.15) is 13.2 Å². The van der Waals surface area contributed by atoms with E-state index in [1.165, 1.54) is 11.1 Å². The first-order chi connectivity index (χ1) is 15.6. The van der Waals surface area contributed by atoms with Crippen molar-refractivity contribution in [1.82, 2.24) is 25.6 Å². The normalized spacial score (nSPS) is 23.6. The Kier molecular flexibility index (Phi) is 6.08. The van der Waals surface area contributed by atoms with E-state index < -0.39 is 29.9 Å². The van der Waals surface area contributed by atoms with E-state index in [1.54, 1.807) is 17.1 Å². The molecule has 2 amide bonds. The monoisotopic (exact) mass is 465 g/mol. The maximum atomic E-state index is 13.1. The third-order valence-electron chi connectivity index (χ3n) is 5.71. The van der Waals surface area contributed by atoms with Crippen molar-refractivity contribution in [2.75, 3.05) is 13.1 Å². The molecule has 0 bridgehead atoms. The quantitative estimate of drug-likeness (QED) is 0.559.